The minimum atomic E-state index is -0.672. The van der Waals surface area contributed by atoms with Gasteiger partial charge in [0.25, 0.3) is 0 Å². The van der Waals surface area contributed by atoms with Crippen molar-refractivity contribution in [2.45, 2.75) is 52.7 Å². The smallest absolute Gasteiger partial charge is 0.408 e. The number of alkyl carbamates (subject to hydrolysis) is 1. The predicted octanol–water partition coefficient (Wildman–Crippen LogP) is 2.66. The highest BCUT2D eigenvalue weighted by Gasteiger charge is 2.45. The Labute approximate surface area is 120 Å². The molecule has 0 aromatic rings. The van der Waals surface area contributed by atoms with Crippen molar-refractivity contribution in [3.05, 3.63) is 12.2 Å². The average Bonchev–Trinajstić information content (AvgIpc) is 2.70. The summed E-state index contributed by atoms with van der Waals surface area (Å²) in [5.41, 5.74) is -1.21. The first-order chi connectivity index (χ1) is 9.10. The summed E-state index contributed by atoms with van der Waals surface area (Å²) in [6.07, 6.45) is 3.69. The SMILES string of the molecule is COC(=O)[C@]1(C(C)C)C=C[C@@H](NC(=O)OC(C)(C)C)C1. The average molecular weight is 283 g/mol. The van der Waals surface area contributed by atoms with E-state index >= 15 is 0 Å². The molecular weight excluding hydrogens is 258 g/mol. The van der Waals surface area contributed by atoms with Gasteiger partial charge in [-0.3, -0.25) is 4.79 Å². The first-order valence-corrected chi connectivity index (χ1v) is 6.88. The van der Waals surface area contributed by atoms with Gasteiger partial charge in [-0.2, -0.15) is 0 Å². The van der Waals surface area contributed by atoms with Crippen LogP contribution < -0.4 is 5.32 Å². The highest BCUT2D eigenvalue weighted by atomic mass is 16.6. The zero-order chi connectivity index (χ0) is 15.6. The lowest BCUT2D eigenvalue weighted by Gasteiger charge is -2.30. The van der Waals surface area contributed by atoms with Gasteiger partial charge in [0.2, 0.25) is 0 Å². The molecule has 1 N–H and O–H groups in total. The van der Waals surface area contributed by atoms with E-state index in [1.54, 1.807) is 0 Å². The molecule has 5 nitrogen and oxygen atoms in total. The minimum Gasteiger partial charge on any atom is -0.468 e. The standard InChI is InChI=1S/C15H25NO4/c1-10(2)15(12(17)19-6)8-7-11(9-15)16-13(18)20-14(3,4)5/h7-8,10-11H,9H2,1-6H3,(H,16,18)/t11-,15-/m1/s1. The normalized spacial score (nSPS) is 25.6. The van der Waals surface area contributed by atoms with Gasteiger partial charge >= 0.3 is 12.1 Å². The molecule has 1 aliphatic rings. The molecule has 1 aliphatic carbocycles. The number of hydrogen-bond acceptors (Lipinski definition) is 4. The monoisotopic (exact) mass is 283 g/mol. The van der Waals surface area contributed by atoms with Gasteiger partial charge in [0.05, 0.1) is 18.6 Å². The van der Waals surface area contributed by atoms with Crippen LogP contribution in [0.25, 0.3) is 0 Å². The Kier molecular flexibility index (Phi) is 4.84. The maximum atomic E-state index is 12.0. The second kappa shape index (κ2) is 5.85. The zero-order valence-electron chi connectivity index (χ0n) is 13.1. The summed E-state index contributed by atoms with van der Waals surface area (Å²) < 4.78 is 10.1. The second-order valence-electron chi connectivity index (χ2n) is 6.50. The van der Waals surface area contributed by atoms with Crippen molar-refractivity contribution < 1.29 is 19.1 Å². The fourth-order valence-electron chi connectivity index (χ4n) is 2.35. The topological polar surface area (TPSA) is 64.6 Å². The van der Waals surface area contributed by atoms with E-state index in [2.05, 4.69) is 5.32 Å². The van der Waals surface area contributed by atoms with Crippen LogP contribution in [0.4, 0.5) is 4.79 Å². The molecule has 0 bridgehead atoms. The molecule has 5 heteroatoms. The fraction of sp³-hybridized carbons (Fsp3) is 0.733. The number of hydrogen-bond donors (Lipinski definition) is 1. The Morgan fingerprint density at radius 2 is 1.95 bits per heavy atom. The van der Waals surface area contributed by atoms with Crippen molar-refractivity contribution in [3.8, 4) is 0 Å². The molecule has 0 aromatic carbocycles. The van der Waals surface area contributed by atoms with Crippen LogP contribution in [0, 0.1) is 11.3 Å². The molecule has 0 saturated heterocycles. The van der Waals surface area contributed by atoms with Gasteiger partial charge in [-0.1, -0.05) is 26.0 Å². The Balaban J connectivity index is 2.70. The van der Waals surface area contributed by atoms with Crippen LogP contribution in [0.1, 0.15) is 41.0 Å². The molecular formula is C15H25NO4. The van der Waals surface area contributed by atoms with Gasteiger partial charge in [0.1, 0.15) is 5.60 Å². The fourth-order valence-corrected chi connectivity index (χ4v) is 2.35. The van der Waals surface area contributed by atoms with E-state index < -0.39 is 17.1 Å². The quantitative estimate of drug-likeness (QED) is 0.639. The van der Waals surface area contributed by atoms with E-state index in [1.165, 1.54) is 7.11 Å². The lowest BCUT2D eigenvalue weighted by molar-refractivity contribution is -0.152. The highest BCUT2D eigenvalue weighted by Crippen LogP contribution is 2.40. The van der Waals surface area contributed by atoms with E-state index in [1.807, 2.05) is 46.8 Å². The third-order valence-electron chi connectivity index (χ3n) is 3.48. The predicted molar refractivity (Wildman–Crippen MR) is 76.2 cm³/mol. The summed E-state index contributed by atoms with van der Waals surface area (Å²) in [4.78, 5) is 23.8. The number of carbonyl (C=O) groups is 2. The van der Waals surface area contributed by atoms with E-state index in [9.17, 15) is 9.59 Å². The molecule has 0 spiro atoms. The summed E-state index contributed by atoms with van der Waals surface area (Å²) in [6, 6.07) is -0.216. The zero-order valence-corrected chi connectivity index (χ0v) is 13.1. The number of methoxy groups -OCH3 is 1. The third-order valence-corrected chi connectivity index (χ3v) is 3.48. The van der Waals surface area contributed by atoms with Crippen LogP contribution in [-0.4, -0.2) is 30.8 Å². The number of esters is 1. The van der Waals surface area contributed by atoms with Crippen molar-refractivity contribution in [1.82, 2.24) is 5.32 Å². The Morgan fingerprint density at radius 1 is 1.35 bits per heavy atom. The molecule has 1 rings (SSSR count). The lowest BCUT2D eigenvalue weighted by Crippen LogP contribution is -2.41. The van der Waals surface area contributed by atoms with Crippen LogP contribution >= 0.6 is 0 Å². The van der Waals surface area contributed by atoms with Crippen molar-refractivity contribution in [2.75, 3.05) is 7.11 Å². The van der Waals surface area contributed by atoms with Crippen LogP contribution in [0.15, 0.2) is 12.2 Å². The number of ether oxygens (including phenoxy) is 2. The number of carbonyl (C=O) groups excluding carboxylic acids is 2. The van der Waals surface area contributed by atoms with E-state index in [0.29, 0.717) is 6.42 Å². The minimum absolute atomic E-state index is 0.0941. The maximum Gasteiger partial charge on any atom is 0.408 e. The number of rotatable bonds is 3. The Bertz CT molecular complexity index is 409. The van der Waals surface area contributed by atoms with Crippen molar-refractivity contribution in [2.24, 2.45) is 11.3 Å². The molecule has 2 atom stereocenters. The van der Waals surface area contributed by atoms with Crippen LogP contribution in [0.2, 0.25) is 0 Å². The Hall–Kier alpha value is -1.52. The largest absolute Gasteiger partial charge is 0.468 e. The van der Waals surface area contributed by atoms with Gasteiger partial charge in [-0.25, -0.2) is 4.79 Å². The van der Waals surface area contributed by atoms with Crippen molar-refractivity contribution in [1.29, 1.82) is 0 Å². The maximum absolute atomic E-state index is 12.0. The molecule has 1 amide bonds. The van der Waals surface area contributed by atoms with E-state index in [0.717, 1.165) is 0 Å². The molecule has 0 saturated carbocycles. The molecule has 0 fully saturated rings. The second-order valence-corrected chi connectivity index (χ2v) is 6.50. The van der Waals surface area contributed by atoms with E-state index in [4.69, 9.17) is 9.47 Å². The highest BCUT2D eigenvalue weighted by molar-refractivity contribution is 5.80. The van der Waals surface area contributed by atoms with Gasteiger partial charge in [0, 0.05) is 0 Å². The molecule has 0 aromatic heterocycles. The van der Waals surface area contributed by atoms with E-state index in [-0.39, 0.29) is 17.9 Å². The summed E-state index contributed by atoms with van der Waals surface area (Å²) in [5.74, 6) is -0.172. The van der Waals surface area contributed by atoms with Gasteiger partial charge in [-0.15, -0.1) is 0 Å². The molecule has 114 valence electrons. The molecule has 0 aliphatic heterocycles. The van der Waals surface area contributed by atoms with Crippen LogP contribution in [-0.2, 0) is 14.3 Å². The lowest BCUT2D eigenvalue weighted by atomic mass is 9.76. The van der Waals surface area contributed by atoms with Crippen molar-refractivity contribution in [3.63, 3.8) is 0 Å². The van der Waals surface area contributed by atoms with Crippen LogP contribution in [0.3, 0.4) is 0 Å². The molecule has 20 heavy (non-hydrogen) atoms. The molecule has 0 radical (unpaired) electrons. The summed E-state index contributed by atoms with van der Waals surface area (Å²) in [7, 11) is 1.38. The molecule has 0 heterocycles. The van der Waals surface area contributed by atoms with Gasteiger partial charge < -0.3 is 14.8 Å². The first-order valence-electron chi connectivity index (χ1n) is 6.88. The third kappa shape index (κ3) is 3.74. The first kappa shape index (κ1) is 16.5. The van der Waals surface area contributed by atoms with Crippen LogP contribution in [0.5, 0.6) is 0 Å². The number of amides is 1. The molecule has 0 unspecified atom stereocenters. The summed E-state index contributed by atoms with van der Waals surface area (Å²) in [6.45, 7) is 9.37. The Morgan fingerprint density at radius 3 is 2.40 bits per heavy atom. The summed E-state index contributed by atoms with van der Waals surface area (Å²) >= 11 is 0. The number of nitrogens with one attached hydrogen (secondary N) is 1. The van der Waals surface area contributed by atoms with Gasteiger partial charge in [-0.05, 0) is 33.1 Å². The summed E-state index contributed by atoms with van der Waals surface area (Å²) in [5, 5.41) is 2.77. The van der Waals surface area contributed by atoms with Gasteiger partial charge in [0.15, 0.2) is 0 Å². The van der Waals surface area contributed by atoms with Crippen molar-refractivity contribution >= 4 is 12.1 Å².